The molecule has 0 aromatic carbocycles. The highest BCUT2D eigenvalue weighted by atomic mass is 16.5. The number of esters is 1. The van der Waals surface area contributed by atoms with E-state index < -0.39 is 0 Å². The summed E-state index contributed by atoms with van der Waals surface area (Å²) in [5.74, 6) is -0.181. The molecule has 0 atom stereocenters. The van der Waals surface area contributed by atoms with Gasteiger partial charge < -0.3 is 15.8 Å². The van der Waals surface area contributed by atoms with Crippen molar-refractivity contribution >= 4 is 5.97 Å². The van der Waals surface area contributed by atoms with Gasteiger partial charge in [0.15, 0.2) is 0 Å². The van der Waals surface area contributed by atoms with Crippen molar-refractivity contribution in [3.63, 3.8) is 0 Å². The van der Waals surface area contributed by atoms with Crippen molar-refractivity contribution in [1.29, 1.82) is 0 Å². The van der Waals surface area contributed by atoms with Crippen LogP contribution in [0.1, 0.15) is 33.6 Å². The van der Waals surface area contributed by atoms with Gasteiger partial charge in [-0.2, -0.15) is 0 Å². The van der Waals surface area contributed by atoms with Gasteiger partial charge in [-0.25, -0.2) is 0 Å². The molecule has 16 heavy (non-hydrogen) atoms. The molecule has 0 aromatic rings. The lowest BCUT2D eigenvalue weighted by atomic mass is 10.2. The number of carbonyl (C=O) groups is 1. The molecule has 4 heteroatoms. The highest BCUT2D eigenvalue weighted by Gasteiger charge is 2.03. The van der Waals surface area contributed by atoms with Crippen LogP contribution in [0.5, 0.6) is 0 Å². The Morgan fingerprint density at radius 3 is 2.50 bits per heavy atom. The molecule has 0 unspecified atom stereocenters. The molecule has 3 N–H and O–H groups in total. The Morgan fingerprint density at radius 1 is 1.44 bits per heavy atom. The summed E-state index contributed by atoms with van der Waals surface area (Å²) in [6, 6.07) is 0. The van der Waals surface area contributed by atoms with Gasteiger partial charge in [-0.15, -0.1) is 0 Å². The topological polar surface area (TPSA) is 64.3 Å². The number of nitrogens with one attached hydrogen (secondary N) is 1. The third-order valence-corrected chi connectivity index (χ3v) is 2.19. The van der Waals surface area contributed by atoms with Crippen molar-refractivity contribution < 1.29 is 9.53 Å². The van der Waals surface area contributed by atoms with Crippen LogP contribution in [0.15, 0.2) is 23.0 Å². The van der Waals surface area contributed by atoms with E-state index in [1.165, 1.54) is 7.11 Å². The molecule has 0 rings (SSSR count). The molecule has 0 radical (unpaired) electrons. The average molecular weight is 226 g/mol. The molecular weight excluding hydrogens is 204 g/mol. The van der Waals surface area contributed by atoms with Crippen molar-refractivity contribution in [2.45, 2.75) is 33.6 Å². The molecule has 4 nitrogen and oxygen atoms in total. The van der Waals surface area contributed by atoms with E-state index in [0.29, 0.717) is 13.0 Å². The molecule has 0 spiro atoms. The number of hydrogen-bond donors (Lipinski definition) is 2. The van der Waals surface area contributed by atoms with E-state index in [0.717, 1.165) is 23.4 Å². The van der Waals surface area contributed by atoms with Crippen molar-refractivity contribution in [3.8, 4) is 0 Å². The molecule has 0 bridgehead atoms. The maximum Gasteiger partial charge on any atom is 0.305 e. The summed E-state index contributed by atoms with van der Waals surface area (Å²) in [5, 5.41) is 3.23. The van der Waals surface area contributed by atoms with Gasteiger partial charge in [0, 0.05) is 13.0 Å². The Bertz CT molecular complexity index is 289. The fourth-order valence-electron chi connectivity index (χ4n) is 1.26. The number of rotatable bonds is 6. The van der Waals surface area contributed by atoms with Crippen molar-refractivity contribution in [2.24, 2.45) is 5.73 Å². The first-order chi connectivity index (χ1) is 7.52. The van der Waals surface area contributed by atoms with E-state index in [4.69, 9.17) is 5.73 Å². The number of hydrogen-bond acceptors (Lipinski definition) is 4. The summed E-state index contributed by atoms with van der Waals surface area (Å²) in [4.78, 5) is 10.9. The third kappa shape index (κ3) is 5.44. The first-order valence-electron chi connectivity index (χ1n) is 5.43. The molecule has 0 saturated heterocycles. The minimum Gasteiger partial charge on any atom is -0.469 e. The highest BCUT2D eigenvalue weighted by Crippen LogP contribution is 2.06. The summed E-state index contributed by atoms with van der Waals surface area (Å²) in [5.41, 5.74) is 8.65. The Morgan fingerprint density at radius 2 is 2.06 bits per heavy atom. The molecule has 0 fully saturated rings. The molecule has 0 aromatic heterocycles. The monoisotopic (exact) mass is 226 g/mol. The third-order valence-electron chi connectivity index (χ3n) is 2.19. The molecule has 0 heterocycles. The van der Waals surface area contributed by atoms with Gasteiger partial charge in [0.1, 0.15) is 0 Å². The number of ether oxygens (including phenoxy) is 1. The van der Waals surface area contributed by atoms with Crippen LogP contribution in [0.3, 0.4) is 0 Å². The normalized spacial score (nSPS) is 10.9. The molecule has 0 aliphatic carbocycles. The Labute approximate surface area is 97.5 Å². The van der Waals surface area contributed by atoms with Crippen LogP contribution in [-0.2, 0) is 9.53 Å². The zero-order valence-corrected chi connectivity index (χ0v) is 10.6. The second-order valence-electron chi connectivity index (χ2n) is 3.73. The number of carbonyl (C=O) groups excluding carboxylic acids is 1. The minimum atomic E-state index is -0.181. The van der Waals surface area contributed by atoms with Gasteiger partial charge in [0.25, 0.3) is 0 Å². The first-order valence-corrected chi connectivity index (χ1v) is 5.43. The summed E-state index contributed by atoms with van der Waals surface area (Å²) in [7, 11) is 1.40. The summed E-state index contributed by atoms with van der Waals surface area (Å²) < 4.78 is 4.56. The quantitative estimate of drug-likeness (QED) is 0.411. The maximum absolute atomic E-state index is 10.9. The van der Waals surface area contributed by atoms with Crippen LogP contribution in [0.2, 0.25) is 0 Å². The molecule has 0 aliphatic heterocycles. The number of nitrogens with two attached hydrogens (primary N) is 1. The lowest BCUT2D eigenvalue weighted by Gasteiger charge is -2.13. The molecule has 0 saturated carbocycles. The van der Waals surface area contributed by atoms with Crippen LogP contribution in [0.25, 0.3) is 0 Å². The lowest BCUT2D eigenvalue weighted by molar-refractivity contribution is -0.140. The highest BCUT2D eigenvalue weighted by molar-refractivity contribution is 5.69. The molecule has 92 valence electrons. The summed E-state index contributed by atoms with van der Waals surface area (Å²) in [6.07, 6.45) is 3.02. The Hall–Kier alpha value is -1.45. The Kier molecular flexibility index (Phi) is 7.09. The van der Waals surface area contributed by atoms with Gasteiger partial charge in [0.2, 0.25) is 0 Å². The second kappa shape index (κ2) is 7.79. The largest absolute Gasteiger partial charge is 0.469 e. The van der Waals surface area contributed by atoms with Crippen molar-refractivity contribution in [1.82, 2.24) is 5.32 Å². The van der Waals surface area contributed by atoms with E-state index >= 15 is 0 Å². The van der Waals surface area contributed by atoms with Crippen LogP contribution < -0.4 is 11.1 Å². The lowest BCUT2D eigenvalue weighted by Crippen LogP contribution is -2.21. The fourth-order valence-corrected chi connectivity index (χ4v) is 1.26. The van der Waals surface area contributed by atoms with Crippen LogP contribution in [0.4, 0.5) is 0 Å². The van der Waals surface area contributed by atoms with E-state index in [-0.39, 0.29) is 5.97 Å². The Balaban J connectivity index is 4.08. The first kappa shape index (κ1) is 14.6. The molecule has 0 aliphatic rings. The van der Waals surface area contributed by atoms with E-state index in [1.54, 1.807) is 0 Å². The number of methoxy groups -OCH3 is 1. The number of allylic oxidation sites excluding steroid dienone is 2. The second-order valence-corrected chi connectivity index (χ2v) is 3.73. The van der Waals surface area contributed by atoms with E-state index in [9.17, 15) is 4.79 Å². The smallest absolute Gasteiger partial charge is 0.305 e. The average Bonchev–Trinajstić information content (AvgIpc) is 2.27. The van der Waals surface area contributed by atoms with Gasteiger partial charge in [0.05, 0.1) is 18.5 Å². The van der Waals surface area contributed by atoms with Crippen LogP contribution >= 0.6 is 0 Å². The SMILES string of the molecule is C/C=C(/N)C(NCCCC(=O)OC)=C(C)C. The zero-order chi connectivity index (χ0) is 12.6. The molecule has 0 amide bonds. The minimum absolute atomic E-state index is 0.181. The zero-order valence-electron chi connectivity index (χ0n) is 10.6. The van der Waals surface area contributed by atoms with E-state index in [2.05, 4.69) is 10.1 Å². The van der Waals surface area contributed by atoms with Gasteiger partial charge in [-0.05, 0) is 27.2 Å². The van der Waals surface area contributed by atoms with Crippen molar-refractivity contribution in [2.75, 3.05) is 13.7 Å². The maximum atomic E-state index is 10.9. The molecular formula is C12H22N2O2. The van der Waals surface area contributed by atoms with Gasteiger partial charge >= 0.3 is 5.97 Å². The predicted molar refractivity (Wildman–Crippen MR) is 65.6 cm³/mol. The fraction of sp³-hybridized carbons (Fsp3) is 0.583. The predicted octanol–water partition coefficient (Wildman–Crippen LogP) is 1.69. The summed E-state index contributed by atoms with van der Waals surface area (Å²) >= 11 is 0. The van der Waals surface area contributed by atoms with Crippen LogP contribution in [0, 0.1) is 0 Å². The summed E-state index contributed by atoms with van der Waals surface area (Å²) in [6.45, 7) is 6.61. The van der Waals surface area contributed by atoms with Crippen molar-refractivity contribution in [3.05, 3.63) is 23.0 Å². The standard InChI is InChI=1S/C12H22N2O2/c1-5-10(13)12(9(2)3)14-8-6-7-11(15)16-4/h5,14H,6-8,13H2,1-4H3/b10-5+. The van der Waals surface area contributed by atoms with Gasteiger partial charge in [-0.3, -0.25) is 4.79 Å². The van der Waals surface area contributed by atoms with Gasteiger partial charge in [-0.1, -0.05) is 11.6 Å². The van der Waals surface area contributed by atoms with Crippen LogP contribution in [-0.4, -0.2) is 19.6 Å². The van der Waals surface area contributed by atoms with E-state index in [1.807, 2.05) is 26.8 Å².